The van der Waals surface area contributed by atoms with Gasteiger partial charge in [-0.15, -0.1) is 0 Å². The van der Waals surface area contributed by atoms with E-state index in [0.29, 0.717) is 11.4 Å². The zero-order chi connectivity index (χ0) is 14.5. The van der Waals surface area contributed by atoms with Crippen LogP contribution < -0.4 is 10.1 Å². The van der Waals surface area contributed by atoms with Crippen LogP contribution in [0.4, 0.5) is 10.1 Å². The Morgan fingerprint density at radius 2 is 1.95 bits per heavy atom. The van der Waals surface area contributed by atoms with Crippen molar-refractivity contribution in [3.8, 4) is 11.5 Å². The molecule has 0 atom stereocenters. The highest BCUT2D eigenvalue weighted by Gasteiger charge is 2.05. The van der Waals surface area contributed by atoms with Gasteiger partial charge in [0.2, 0.25) is 0 Å². The number of aryl methyl sites for hydroxylation is 1. The zero-order valence-corrected chi connectivity index (χ0v) is 10.9. The van der Waals surface area contributed by atoms with Gasteiger partial charge in [-0.3, -0.25) is 4.79 Å². The van der Waals surface area contributed by atoms with Crippen molar-refractivity contribution in [3.63, 3.8) is 0 Å². The molecule has 104 valence electrons. The van der Waals surface area contributed by atoms with Crippen molar-refractivity contribution in [2.24, 2.45) is 0 Å². The Morgan fingerprint density at radius 1 is 1.25 bits per heavy atom. The van der Waals surface area contributed by atoms with Gasteiger partial charge in [0.15, 0.2) is 6.61 Å². The Labute approximate surface area is 115 Å². The molecule has 2 aromatic carbocycles. The number of rotatable bonds is 4. The lowest BCUT2D eigenvalue weighted by Gasteiger charge is -2.08. The number of anilines is 1. The van der Waals surface area contributed by atoms with Crippen molar-refractivity contribution in [3.05, 3.63) is 53.8 Å². The van der Waals surface area contributed by atoms with Crippen LogP contribution in [0.25, 0.3) is 0 Å². The second-order valence-electron chi connectivity index (χ2n) is 4.35. The second kappa shape index (κ2) is 6.06. The van der Waals surface area contributed by atoms with Gasteiger partial charge in [-0.2, -0.15) is 0 Å². The molecule has 0 spiro atoms. The number of benzene rings is 2. The van der Waals surface area contributed by atoms with Gasteiger partial charge in [0.05, 0.1) is 0 Å². The number of halogens is 1. The normalized spacial score (nSPS) is 10.1. The maximum Gasteiger partial charge on any atom is 0.262 e. The molecule has 0 heterocycles. The first kappa shape index (κ1) is 13.9. The molecular weight excluding hydrogens is 261 g/mol. The monoisotopic (exact) mass is 275 g/mol. The minimum atomic E-state index is -0.366. The van der Waals surface area contributed by atoms with Gasteiger partial charge in [0.1, 0.15) is 17.3 Å². The lowest BCUT2D eigenvalue weighted by Crippen LogP contribution is -2.20. The van der Waals surface area contributed by atoms with Gasteiger partial charge >= 0.3 is 0 Å². The summed E-state index contributed by atoms with van der Waals surface area (Å²) < 4.78 is 18.0. The summed E-state index contributed by atoms with van der Waals surface area (Å²) >= 11 is 0. The first-order valence-corrected chi connectivity index (χ1v) is 6.02. The number of amides is 1. The summed E-state index contributed by atoms with van der Waals surface area (Å²) in [7, 11) is 0. The predicted molar refractivity (Wildman–Crippen MR) is 73.4 cm³/mol. The van der Waals surface area contributed by atoms with Crippen molar-refractivity contribution in [2.45, 2.75) is 6.92 Å². The van der Waals surface area contributed by atoms with Crippen LogP contribution in [0.3, 0.4) is 0 Å². The molecule has 0 aliphatic rings. The molecule has 2 rings (SSSR count). The number of carbonyl (C=O) groups excluding carboxylic acids is 1. The van der Waals surface area contributed by atoms with E-state index in [0.717, 1.165) is 5.56 Å². The second-order valence-corrected chi connectivity index (χ2v) is 4.35. The summed E-state index contributed by atoms with van der Waals surface area (Å²) in [6.07, 6.45) is 0. The van der Waals surface area contributed by atoms with Crippen molar-refractivity contribution in [2.75, 3.05) is 11.9 Å². The summed E-state index contributed by atoms with van der Waals surface area (Å²) in [4.78, 5) is 11.6. The topological polar surface area (TPSA) is 58.6 Å². The van der Waals surface area contributed by atoms with Crippen LogP contribution in [0.2, 0.25) is 0 Å². The van der Waals surface area contributed by atoms with Crippen LogP contribution >= 0.6 is 0 Å². The number of nitrogens with one attached hydrogen (secondary N) is 1. The summed E-state index contributed by atoms with van der Waals surface area (Å²) in [5, 5.41) is 12.0. The van der Waals surface area contributed by atoms with Crippen LogP contribution in [-0.4, -0.2) is 17.6 Å². The maximum atomic E-state index is 12.7. The lowest BCUT2D eigenvalue weighted by molar-refractivity contribution is -0.118. The molecule has 5 heteroatoms. The van der Waals surface area contributed by atoms with E-state index in [2.05, 4.69) is 5.32 Å². The minimum absolute atomic E-state index is 0.0824. The fourth-order valence-corrected chi connectivity index (χ4v) is 1.69. The van der Waals surface area contributed by atoms with Gasteiger partial charge < -0.3 is 15.2 Å². The Bertz CT molecular complexity index is 591. The molecule has 0 aromatic heterocycles. The number of hydrogen-bond acceptors (Lipinski definition) is 3. The van der Waals surface area contributed by atoms with Crippen molar-refractivity contribution in [1.29, 1.82) is 0 Å². The highest BCUT2D eigenvalue weighted by molar-refractivity contribution is 5.91. The average Bonchev–Trinajstić information content (AvgIpc) is 2.38. The summed E-state index contributed by atoms with van der Waals surface area (Å²) in [5.41, 5.74) is 1.33. The molecule has 1 amide bonds. The number of aromatic hydroxyl groups is 1. The van der Waals surface area contributed by atoms with Gasteiger partial charge in [-0.25, -0.2) is 4.39 Å². The van der Waals surface area contributed by atoms with Gasteiger partial charge in [-0.05, 0) is 48.9 Å². The van der Waals surface area contributed by atoms with E-state index in [1.807, 2.05) is 6.92 Å². The highest BCUT2D eigenvalue weighted by Crippen LogP contribution is 2.21. The standard InChI is InChI=1S/C15H14FNO3/c1-10-6-13(18)8-14(7-10)20-9-15(19)17-12-4-2-11(16)3-5-12/h2-8,18H,9H2,1H3,(H,17,19). The van der Waals surface area contributed by atoms with E-state index >= 15 is 0 Å². The van der Waals surface area contributed by atoms with Crippen molar-refractivity contribution < 1.29 is 19.0 Å². The Balaban J connectivity index is 1.90. The molecule has 0 saturated heterocycles. The molecular formula is C15H14FNO3. The average molecular weight is 275 g/mol. The van der Waals surface area contributed by atoms with Crippen LogP contribution in [0.1, 0.15) is 5.56 Å². The number of phenolic OH excluding ortho intramolecular Hbond substituents is 1. The third-order valence-corrected chi connectivity index (χ3v) is 2.53. The molecule has 0 bridgehead atoms. The zero-order valence-electron chi connectivity index (χ0n) is 10.9. The van der Waals surface area contributed by atoms with E-state index in [9.17, 15) is 14.3 Å². The fraction of sp³-hybridized carbons (Fsp3) is 0.133. The van der Waals surface area contributed by atoms with Crippen LogP contribution in [0.15, 0.2) is 42.5 Å². The molecule has 2 aromatic rings. The molecule has 0 aliphatic carbocycles. The summed E-state index contributed by atoms with van der Waals surface area (Å²) in [6, 6.07) is 10.2. The maximum absolute atomic E-state index is 12.7. The first-order chi connectivity index (χ1) is 9.52. The Hall–Kier alpha value is -2.56. The van der Waals surface area contributed by atoms with Crippen molar-refractivity contribution in [1.82, 2.24) is 0 Å². The molecule has 20 heavy (non-hydrogen) atoms. The third kappa shape index (κ3) is 3.98. The largest absolute Gasteiger partial charge is 0.508 e. The predicted octanol–water partition coefficient (Wildman–Crippen LogP) is 2.86. The van der Waals surface area contributed by atoms with Crippen LogP contribution in [0.5, 0.6) is 11.5 Å². The summed E-state index contributed by atoms with van der Waals surface area (Å²) in [6.45, 7) is 1.62. The quantitative estimate of drug-likeness (QED) is 0.902. The van der Waals surface area contributed by atoms with Crippen LogP contribution in [0, 0.1) is 12.7 Å². The number of carbonyl (C=O) groups is 1. The number of phenols is 1. The smallest absolute Gasteiger partial charge is 0.262 e. The Morgan fingerprint density at radius 3 is 2.60 bits per heavy atom. The molecule has 0 aliphatic heterocycles. The van der Waals surface area contributed by atoms with Crippen molar-refractivity contribution >= 4 is 11.6 Å². The SMILES string of the molecule is Cc1cc(O)cc(OCC(=O)Nc2ccc(F)cc2)c1. The fourth-order valence-electron chi connectivity index (χ4n) is 1.69. The van der Waals surface area contributed by atoms with E-state index in [1.165, 1.54) is 30.3 Å². The minimum Gasteiger partial charge on any atom is -0.508 e. The van der Waals surface area contributed by atoms with E-state index in [1.54, 1.807) is 12.1 Å². The third-order valence-electron chi connectivity index (χ3n) is 2.53. The molecule has 0 radical (unpaired) electrons. The molecule has 2 N–H and O–H groups in total. The lowest BCUT2D eigenvalue weighted by atomic mass is 10.2. The van der Waals surface area contributed by atoms with E-state index in [4.69, 9.17) is 4.74 Å². The summed E-state index contributed by atoms with van der Waals surface area (Å²) in [5.74, 6) is -0.234. The molecule has 0 unspecified atom stereocenters. The molecule has 4 nitrogen and oxygen atoms in total. The van der Waals surface area contributed by atoms with E-state index < -0.39 is 0 Å². The molecule has 0 fully saturated rings. The van der Waals surface area contributed by atoms with Crippen LogP contribution in [-0.2, 0) is 4.79 Å². The van der Waals surface area contributed by atoms with Gasteiger partial charge in [0, 0.05) is 11.8 Å². The highest BCUT2D eigenvalue weighted by atomic mass is 19.1. The van der Waals surface area contributed by atoms with E-state index in [-0.39, 0.29) is 24.1 Å². The first-order valence-electron chi connectivity index (χ1n) is 6.02. The number of ether oxygens (including phenoxy) is 1. The Kier molecular flexibility index (Phi) is 4.20. The number of hydrogen-bond donors (Lipinski definition) is 2. The van der Waals surface area contributed by atoms with Gasteiger partial charge in [-0.1, -0.05) is 0 Å². The van der Waals surface area contributed by atoms with Gasteiger partial charge in [0.25, 0.3) is 5.91 Å². The molecule has 0 saturated carbocycles.